The van der Waals surface area contributed by atoms with Gasteiger partial charge in [-0.05, 0) is 44.1 Å². The number of ether oxygens (including phenoxy) is 1. The highest BCUT2D eigenvalue weighted by Gasteiger charge is 2.20. The zero-order valence-electron chi connectivity index (χ0n) is 18.3. The maximum atomic E-state index is 5.59. The summed E-state index contributed by atoms with van der Waals surface area (Å²) in [5.41, 5.74) is 4.79. The fourth-order valence-corrected chi connectivity index (χ4v) is 4.51. The van der Waals surface area contributed by atoms with Crippen molar-refractivity contribution in [2.24, 2.45) is 5.92 Å². The van der Waals surface area contributed by atoms with Crippen LogP contribution in [-0.2, 0) is 17.7 Å². The number of aromatic nitrogens is 3. The maximum absolute atomic E-state index is 5.59. The summed E-state index contributed by atoms with van der Waals surface area (Å²) in [5, 5.41) is 1.21. The van der Waals surface area contributed by atoms with Gasteiger partial charge in [0.25, 0.3) is 0 Å². The second-order valence-corrected chi connectivity index (χ2v) is 8.03. The zero-order valence-corrected chi connectivity index (χ0v) is 18.3. The van der Waals surface area contributed by atoms with Crippen LogP contribution < -0.4 is 0 Å². The van der Waals surface area contributed by atoms with Gasteiger partial charge in [0.15, 0.2) is 0 Å². The minimum Gasteiger partial charge on any atom is -0.381 e. The van der Waals surface area contributed by atoms with Crippen LogP contribution in [0.15, 0.2) is 54.3 Å². The predicted octanol–water partition coefficient (Wildman–Crippen LogP) is 6.25. The molecule has 2 aliphatic rings. The number of benzene rings is 1. The van der Waals surface area contributed by atoms with E-state index >= 15 is 0 Å². The van der Waals surface area contributed by atoms with Gasteiger partial charge in [-0.2, -0.15) is 0 Å². The van der Waals surface area contributed by atoms with Crippen LogP contribution in [0.25, 0.3) is 21.9 Å². The Kier molecular flexibility index (Phi) is 6.96. The quantitative estimate of drug-likeness (QED) is 0.517. The molecule has 1 fully saturated rings. The molecule has 1 saturated heterocycles. The molecule has 3 aromatic rings. The molecule has 0 radical (unpaired) electrons. The topological polar surface area (TPSA) is 39.9 Å². The Morgan fingerprint density at radius 1 is 1.10 bits per heavy atom. The molecule has 1 aliphatic carbocycles. The van der Waals surface area contributed by atoms with E-state index in [1.54, 1.807) is 0 Å². The van der Waals surface area contributed by atoms with Gasteiger partial charge in [0, 0.05) is 31.6 Å². The Balaban J connectivity index is 0.00000106. The summed E-state index contributed by atoms with van der Waals surface area (Å²) in [6.45, 7) is 6.78. The molecular formula is C26H33N3O. The highest BCUT2D eigenvalue weighted by Crippen LogP contribution is 2.29. The highest BCUT2D eigenvalue weighted by atomic mass is 16.5. The number of nitrogens with zero attached hydrogens (tertiary/aromatic N) is 3. The van der Waals surface area contributed by atoms with E-state index < -0.39 is 0 Å². The first kappa shape index (κ1) is 20.8. The van der Waals surface area contributed by atoms with Crippen LogP contribution in [0.1, 0.15) is 51.8 Å². The lowest BCUT2D eigenvalue weighted by molar-refractivity contribution is 0.0614. The summed E-state index contributed by atoms with van der Waals surface area (Å²) in [6.07, 6.45) is 15.5. The molecule has 5 rings (SSSR count). The van der Waals surface area contributed by atoms with Gasteiger partial charge in [-0.1, -0.05) is 55.8 Å². The monoisotopic (exact) mass is 403 g/mol. The molecule has 1 aliphatic heterocycles. The van der Waals surface area contributed by atoms with Gasteiger partial charge in [-0.3, -0.25) is 4.98 Å². The average molecular weight is 404 g/mol. The number of hydrogen-bond donors (Lipinski definition) is 0. The summed E-state index contributed by atoms with van der Waals surface area (Å²) >= 11 is 0. The molecule has 4 nitrogen and oxygen atoms in total. The van der Waals surface area contributed by atoms with Crippen LogP contribution in [0.4, 0.5) is 0 Å². The third-order valence-corrected chi connectivity index (χ3v) is 6.06. The third kappa shape index (κ3) is 4.49. The number of hydrogen-bond acceptors (Lipinski definition) is 3. The highest BCUT2D eigenvalue weighted by molar-refractivity contribution is 6.02. The van der Waals surface area contributed by atoms with Gasteiger partial charge in [0.05, 0.1) is 17.2 Å². The van der Waals surface area contributed by atoms with Crippen LogP contribution in [0, 0.1) is 5.92 Å². The molecule has 4 heteroatoms. The first-order chi connectivity index (χ1) is 14.9. The van der Waals surface area contributed by atoms with Gasteiger partial charge in [0.2, 0.25) is 0 Å². The fraction of sp³-hybridized carbons (Fsp3) is 0.462. The minimum absolute atomic E-state index is 0.653. The molecule has 0 bridgehead atoms. The molecule has 0 spiro atoms. The first-order valence-corrected chi connectivity index (χ1v) is 11.5. The molecule has 0 amide bonds. The molecule has 0 saturated carbocycles. The van der Waals surface area contributed by atoms with E-state index in [4.69, 9.17) is 9.72 Å². The van der Waals surface area contributed by atoms with Crippen LogP contribution in [0.2, 0.25) is 0 Å². The molecular weight excluding hydrogens is 370 g/mol. The zero-order chi connectivity index (χ0) is 20.8. The summed E-state index contributed by atoms with van der Waals surface area (Å²) < 4.78 is 8.08. The van der Waals surface area contributed by atoms with E-state index in [0.717, 1.165) is 56.5 Å². The Hall–Kier alpha value is -2.46. The lowest BCUT2D eigenvalue weighted by atomic mass is 9.99. The van der Waals surface area contributed by atoms with E-state index in [1.807, 2.05) is 20.0 Å². The number of rotatable bonds is 4. The molecule has 0 N–H and O–H groups in total. The lowest BCUT2D eigenvalue weighted by Gasteiger charge is -2.24. The molecule has 30 heavy (non-hydrogen) atoms. The maximum Gasteiger partial charge on any atom is 0.114 e. The van der Waals surface area contributed by atoms with Crippen LogP contribution in [-0.4, -0.2) is 27.7 Å². The molecule has 2 aromatic heterocycles. The van der Waals surface area contributed by atoms with Crippen LogP contribution in [0.5, 0.6) is 0 Å². The van der Waals surface area contributed by atoms with Gasteiger partial charge in [-0.15, -0.1) is 0 Å². The number of allylic oxidation sites excluding steroid dienone is 4. The Bertz CT molecular complexity index is 1040. The van der Waals surface area contributed by atoms with Crippen molar-refractivity contribution < 1.29 is 4.74 Å². The van der Waals surface area contributed by atoms with E-state index in [9.17, 15) is 0 Å². The normalized spacial score (nSPS) is 17.5. The van der Waals surface area contributed by atoms with E-state index in [2.05, 4.69) is 52.0 Å². The molecule has 158 valence electrons. The largest absolute Gasteiger partial charge is 0.381 e. The van der Waals surface area contributed by atoms with Crippen molar-refractivity contribution in [3.05, 3.63) is 60.1 Å². The van der Waals surface area contributed by atoms with E-state index in [-0.39, 0.29) is 0 Å². The van der Waals surface area contributed by atoms with Gasteiger partial charge >= 0.3 is 0 Å². The van der Waals surface area contributed by atoms with Crippen molar-refractivity contribution in [2.45, 2.75) is 58.9 Å². The summed E-state index contributed by atoms with van der Waals surface area (Å²) in [5.74, 6) is 1.83. The summed E-state index contributed by atoms with van der Waals surface area (Å²) in [7, 11) is 0. The Morgan fingerprint density at radius 2 is 1.93 bits per heavy atom. The number of pyridine rings is 1. The van der Waals surface area contributed by atoms with Crippen molar-refractivity contribution >= 4 is 21.9 Å². The standard InChI is InChI=1S/C24H27N3O.C2H6/c1-2-4-8-18(7-3-1)15-23-26-22-16-25-21-10-6-5-9-20(21)24(22)27(23)17-19-11-13-28-14-12-19;1-2/h1,3,5-7,9-10,16,19H,2,4,8,11-15,17H2;1-2H3. The summed E-state index contributed by atoms with van der Waals surface area (Å²) in [6, 6.07) is 8.45. The Labute approximate surface area is 179 Å². The van der Waals surface area contributed by atoms with Crippen LogP contribution in [0.3, 0.4) is 0 Å². The Morgan fingerprint density at radius 3 is 2.80 bits per heavy atom. The number of fused-ring (bicyclic) bond motifs is 3. The first-order valence-electron chi connectivity index (χ1n) is 11.5. The van der Waals surface area contributed by atoms with Crippen LogP contribution >= 0.6 is 0 Å². The van der Waals surface area contributed by atoms with Crippen molar-refractivity contribution in [3.63, 3.8) is 0 Å². The predicted molar refractivity (Wildman–Crippen MR) is 125 cm³/mol. The average Bonchev–Trinajstić information content (AvgIpc) is 2.96. The lowest BCUT2D eigenvalue weighted by Crippen LogP contribution is -2.21. The van der Waals surface area contributed by atoms with Crippen molar-refractivity contribution in [1.82, 2.24) is 14.5 Å². The fourth-order valence-electron chi connectivity index (χ4n) is 4.51. The molecule has 1 aromatic carbocycles. The van der Waals surface area contributed by atoms with E-state index in [0.29, 0.717) is 5.92 Å². The second-order valence-electron chi connectivity index (χ2n) is 8.03. The SMILES string of the molecule is C1=CCCCC(Cc2nc3cnc4ccccc4c3n2CC2CCOCC2)=C1.CC. The van der Waals surface area contributed by atoms with Crippen molar-refractivity contribution in [2.75, 3.05) is 13.2 Å². The second kappa shape index (κ2) is 10.0. The van der Waals surface area contributed by atoms with Gasteiger partial charge in [-0.25, -0.2) is 4.98 Å². The molecule has 0 atom stereocenters. The number of imidazole rings is 1. The minimum atomic E-state index is 0.653. The summed E-state index contributed by atoms with van der Waals surface area (Å²) in [4.78, 5) is 9.71. The van der Waals surface area contributed by atoms with Gasteiger partial charge in [0.1, 0.15) is 11.3 Å². The number of para-hydroxylation sites is 1. The molecule has 0 unspecified atom stereocenters. The van der Waals surface area contributed by atoms with E-state index in [1.165, 1.54) is 35.1 Å². The van der Waals surface area contributed by atoms with Crippen molar-refractivity contribution in [3.8, 4) is 0 Å². The third-order valence-electron chi connectivity index (χ3n) is 6.06. The van der Waals surface area contributed by atoms with Crippen molar-refractivity contribution in [1.29, 1.82) is 0 Å². The molecule has 3 heterocycles. The van der Waals surface area contributed by atoms with Gasteiger partial charge < -0.3 is 9.30 Å². The smallest absolute Gasteiger partial charge is 0.114 e.